The molecule has 1 N–H and O–H groups in total. The summed E-state index contributed by atoms with van der Waals surface area (Å²) in [7, 11) is 0. The van der Waals surface area contributed by atoms with Crippen LogP contribution in [-0.4, -0.2) is 34.5 Å². The van der Waals surface area contributed by atoms with Crippen LogP contribution in [0, 0.1) is 5.41 Å². The second-order valence-corrected chi connectivity index (χ2v) is 4.68. The lowest BCUT2D eigenvalue weighted by Crippen LogP contribution is -2.51. The molecule has 1 rings (SSSR count). The topological polar surface area (TPSA) is 57.6 Å². The molecule has 0 aliphatic carbocycles. The van der Waals surface area contributed by atoms with Gasteiger partial charge < -0.3 is 10.0 Å². The molecule has 1 aliphatic heterocycles. The van der Waals surface area contributed by atoms with Gasteiger partial charge in [0.15, 0.2) is 0 Å². The van der Waals surface area contributed by atoms with Crippen molar-refractivity contribution in [3.63, 3.8) is 0 Å². The molecule has 0 aromatic heterocycles. The van der Waals surface area contributed by atoms with E-state index in [1.807, 2.05) is 13.8 Å². The number of likely N-dealkylation sites (tertiary alicyclic amines) is 1. The van der Waals surface area contributed by atoms with E-state index in [-0.39, 0.29) is 11.3 Å². The fourth-order valence-corrected chi connectivity index (χ4v) is 1.91. The Balaban J connectivity index is 2.81. The van der Waals surface area contributed by atoms with Gasteiger partial charge >= 0.3 is 5.97 Å². The monoisotopic (exact) mass is 199 g/mol. The summed E-state index contributed by atoms with van der Waals surface area (Å²) >= 11 is 0. The molecular weight excluding hydrogens is 182 g/mol. The predicted molar refractivity (Wildman–Crippen MR) is 51.8 cm³/mol. The molecule has 0 radical (unpaired) electrons. The summed E-state index contributed by atoms with van der Waals surface area (Å²) < 4.78 is 0. The second-order valence-electron chi connectivity index (χ2n) is 4.68. The van der Waals surface area contributed by atoms with Gasteiger partial charge in [0.1, 0.15) is 6.04 Å². The molecule has 0 aromatic rings. The van der Waals surface area contributed by atoms with E-state index in [1.54, 1.807) is 0 Å². The highest BCUT2D eigenvalue weighted by Crippen LogP contribution is 2.33. The number of carbonyl (C=O) groups is 2. The van der Waals surface area contributed by atoms with Crippen LogP contribution in [0.5, 0.6) is 0 Å². The van der Waals surface area contributed by atoms with Crippen molar-refractivity contribution < 1.29 is 14.7 Å². The van der Waals surface area contributed by atoms with Gasteiger partial charge in [-0.15, -0.1) is 0 Å². The number of rotatable bonds is 1. The highest BCUT2D eigenvalue weighted by atomic mass is 16.4. The Morgan fingerprint density at radius 3 is 2.43 bits per heavy atom. The predicted octanol–water partition coefficient (Wildman–Crippen LogP) is 1.11. The van der Waals surface area contributed by atoms with Crippen molar-refractivity contribution >= 4 is 11.9 Å². The molecule has 4 heteroatoms. The van der Waals surface area contributed by atoms with Gasteiger partial charge in [-0.1, -0.05) is 13.8 Å². The van der Waals surface area contributed by atoms with E-state index in [0.717, 1.165) is 6.42 Å². The molecule has 1 amide bonds. The van der Waals surface area contributed by atoms with E-state index >= 15 is 0 Å². The van der Waals surface area contributed by atoms with Crippen LogP contribution in [0.4, 0.5) is 0 Å². The number of carbonyl (C=O) groups excluding carboxylic acids is 1. The van der Waals surface area contributed by atoms with Crippen molar-refractivity contribution in [3.05, 3.63) is 0 Å². The van der Waals surface area contributed by atoms with Gasteiger partial charge in [-0.2, -0.15) is 0 Å². The van der Waals surface area contributed by atoms with E-state index in [0.29, 0.717) is 13.0 Å². The molecule has 0 aromatic carbocycles. The first kappa shape index (κ1) is 11.0. The van der Waals surface area contributed by atoms with Crippen molar-refractivity contribution in [1.82, 2.24) is 4.90 Å². The fraction of sp³-hybridized carbons (Fsp3) is 0.800. The molecule has 1 aliphatic rings. The third kappa shape index (κ3) is 2.25. The minimum absolute atomic E-state index is 0.0228. The lowest BCUT2D eigenvalue weighted by atomic mass is 9.79. The van der Waals surface area contributed by atoms with Crippen molar-refractivity contribution in [3.8, 4) is 0 Å². The molecule has 14 heavy (non-hydrogen) atoms. The number of carboxylic acids is 1. The first-order valence-electron chi connectivity index (χ1n) is 4.83. The number of nitrogens with zero attached hydrogens (tertiary/aromatic N) is 1. The summed E-state index contributed by atoms with van der Waals surface area (Å²) in [5.41, 5.74) is 0.0228. The standard InChI is InChI=1S/C10H17NO3/c1-7(12)11-5-4-10(2,3)6-8(11)9(13)14/h8H,4-6H2,1-3H3,(H,13,14). The van der Waals surface area contributed by atoms with Crippen molar-refractivity contribution in [2.45, 2.75) is 39.7 Å². The van der Waals surface area contributed by atoms with Crippen LogP contribution in [0.15, 0.2) is 0 Å². The molecule has 1 heterocycles. The van der Waals surface area contributed by atoms with Gasteiger partial charge in [0.2, 0.25) is 5.91 Å². The van der Waals surface area contributed by atoms with Gasteiger partial charge in [0.05, 0.1) is 0 Å². The summed E-state index contributed by atoms with van der Waals surface area (Å²) in [5, 5.41) is 9.00. The molecular formula is C10H17NO3. The molecule has 80 valence electrons. The largest absolute Gasteiger partial charge is 0.480 e. The van der Waals surface area contributed by atoms with Crippen LogP contribution < -0.4 is 0 Å². The molecule has 0 spiro atoms. The Kier molecular flexibility index (Phi) is 2.83. The van der Waals surface area contributed by atoms with Crippen molar-refractivity contribution in [2.75, 3.05) is 6.54 Å². The Labute approximate surface area is 83.9 Å². The molecule has 4 nitrogen and oxygen atoms in total. The quantitative estimate of drug-likeness (QED) is 0.688. The van der Waals surface area contributed by atoms with E-state index in [9.17, 15) is 9.59 Å². The molecule has 1 saturated heterocycles. The van der Waals surface area contributed by atoms with Gasteiger partial charge in [-0.25, -0.2) is 4.79 Å². The Bertz CT molecular complexity index is 260. The normalized spacial score (nSPS) is 25.9. The zero-order chi connectivity index (χ0) is 10.9. The Morgan fingerprint density at radius 2 is 2.00 bits per heavy atom. The van der Waals surface area contributed by atoms with Crippen molar-refractivity contribution in [2.24, 2.45) is 5.41 Å². The highest BCUT2D eigenvalue weighted by molar-refractivity contribution is 5.82. The zero-order valence-corrected chi connectivity index (χ0v) is 8.91. The van der Waals surface area contributed by atoms with Crippen LogP contribution in [0.2, 0.25) is 0 Å². The lowest BCUT2D eigenvalue weighted by Gasteiger charge is -2.40. The summed E-state index contributed by atoms with van der Waals surface area (Å²) in [4.78, 5) is 23.6. The maximum Gasteiger partial charge on any atom is 0.326 e. The average molecular weight is 199 g/mol. The lowest BCUT2D eigenvalue weighted by molar-refractivity contribution is -0.153. The summed E-state index contributed by atoms with van der Waals surface area (Å²) in [5.74, 6) is -1.04. The Morgan fingerprint density at radius 1 is 1.43 bits per heavy atom. The first-order chi connectivity index (χ1) is 6.33. The second kappa shape index (κ2) is 3.59. The Hall–Kier alpha value is -1.06. The van der Waals surface area contributed by atoms with Crippen LogP contribution in [0.3, 0.4) is 0 Å². The minimum Gasteiger partial charge on any atom is -0.480 e. The van der Waals surface area contributed by atoms with E-state index < -0.39 is 12.0 Å². The summed E-state index contributed by atoms with van der Waals surface area (Å²) in [6.07, 6.45) is 1.41. The van der Waals surface area contributed by atoms with Crippen LogP contribution in [-0.2, 0) is 9.59 Å². The fourth-order valence-electron chi connectivity index (χ4n) is 1.91. The number of carboxylic acid groups (broad SMARTS) is 1. The van der Waals surface area contributed by atoms with Gasteiger partial charge in [-0.3, -0.25) is 4.79 Å². The third-order valence-corrected chi connectivity index (χ3v) is 2.84. The number of amides is 1. The first-order valence-corrected chi connectivity index (χ1v) is 4.83. The van der Waals surface area contributed by atoms with Crippen LogP contribution in [0.25, 0.3) is 0 Å². The molecule has 0 saturated carbocycles. The van der Waals surface area contributed by atoms with Crippen LogP contribution >= 0.6 is 0 Å². The third-order valence-electron chi connectivity index (χ3n) is 2.84. The maximum atomic E-state index is 11.2. The average Bonchev–Trinajstić information content (AvgIpc) is 2.01. The molecule has 0 bridgehead atoms. The maximum absolute atomic E-state index is 11.2. The number of hydrogen-bond acceptors (Lipinski definition) is 2. The SMILES string of the molecule is CC(=O)N1CCC(C)(C)CC1C(=O)O. The van der Waals surface area contributed by atoms with Gasteiger partial charge in [0, 0.05) is 13.5 Å². The van der Waals surface area contributed by atoms with E-state index in [2.05, 4.69) is 0 Å². The van der Waals surface area contributed by atoms with Crippen molar-refractivity contribution in [1.29, 1.82) is 0 Å². The summed E-state index contributed by atoms with van der Waals surface area (Å²) in [6.45, 7) is 6.06. The van der Waals surface area contributed by atoms with Gasteiger partial charge in [0.25, 0.3) is 0 Å². The van der Waals surface area contributed by atoms with Crippen LogP contribution in [0.1, 0.15) is 33.6 Å². The number of hydrogen-bond donors (Lipinski definition) is 1. The van der Waals surface area contributed by atoms with Gasteiger partial charge in [-0.05, 0) is 18.3 Å². The number of aliphatic carboxylic acids is 1. The molecule has 1 atom stereocenters. The molecule has 1 fully saturated rings. The van der Waals surface area contributed by atoms with E-state index in [4.69, 9.17) is 5.11 Å². The zero-order valence-electron chi connectivity index (χ0n) is 8.91. The molecule has 1 unspecified atom stereocenters. The minimum atomic E-state index is -0.895. The van der Waals surface area contributed by atoms with E-state index in [1.165, 1.54) is 11.8 Å². The number of piperidine rings is 1. The summed E-state index contributed by atoms with van der Waals surface area (Å²) in [6, 6.07) is -0.642. The smallest absolute Gasteiger partial charge is 0.326 e. The highest BCUT2D eigenvalue weighted by Gasteiger charge is 2.38.